The summed E-state index contributed by atoms with van der Waals surface area (Å²) in [4.78, 5) is 4.41. The molecule has 0 unspecified atom stereocenters. The van der Waals surface area contributed by atoms with Crippen molar-refractivity contribution in [1.29, 1.82) is 0 Å². The monoisotopic (exact) mass is 346 g/mol. The van der Waals surface area contributed by atoms with E-state index < -0.39 is 10.0 Å². The molecule has 0 saturated heterocycles. The number of thiazole rings is 1. The topological polar surface area (TPSA) is 97.4 Å². The van der Waals surface area contributed by atoms with Crippen molar-refractivity contribution in [3.8, 4) is 0 Å². The molecule has 3 N–H and O–H groups in total. The average Bonchev–Trinajstić information content (AvgIpc) is 2.88. The fraction of sp³-hybridized carbons (Fsp3) is 0.0667. The molecule has 118 valence electrons. The molecule has 0 fully saturated rings. The minimum Gasteiger partial charge on any atom is -0.369 e. The van der Waals surface area contributed by atoms with Gasteiger partial charge >= 0.3 is 0 Å². The van der Waals surface area contributed by atoms with Gasteiger partial charge in [-0.1, -0.05) is 41.2 Å². The Labute approximate surface area is 137 Å². The Morgan fingerprint density at radius 2 is 1.87 bits per heavy atom. The highest BCUT2D eigenvalue weighted by Crippen LogP contribution is 2.25. The van der Waals surface area contributed by atoms with Crippen LogP contribution < -0.4 is 11.1 Å². The van der Waals surface area contributed by atoms with Crippen LogP contribution in [-0.2, 0) is 10.0 Å². The molecule has 0 atom stereocenters. The van der Waals surface area contributed by atoms with Gasteiger partial charge in [0.05, 0.1) is 15.1 Å². The Balaban J connectivity index is 1.85. The molecular formula is C15H14N4O2S2. The molecule has 6 nitrogen and oxygen atoms in total. The summed E-state index contributed by atoms with van der Waals surface area (Å²) in [5.41, 5.74) is 7.49. The molecule has 0 aliphatic carbocycles. The number of nitrogens with two attached hydrogens (primary N) is 1. The number of benzene rings is 2. The van der Waals surface area contributed by atoms with Gasteiger partial charge in [0, 0.05) is 0 Å². The quantitative estimate of drug-likeness (QED) is 0.561. The number of aryl methyl sites for hydroxylation is 1. The zero-order valence-corrected chi connectivity index (χ0v) is 13.9. The van der Waals surface area contributed by atoms with Crippen molar-refractivity contribution in [3.05, 3.63) is 54.1 Å². The molecule has 3 rings (SSSR count). The normalized spacial score (nSPS) is 12.5. The maximum absolute atomic E-state index is 12.2. The lowest BCUT2D eigenvalue weighted by molar-refractivity contribution is 0.598. The number of rotatable bonds is 3. The lowest BCUT2D eigenvalue weighted by atomic mass is 10.2. The van der Waals surface area contributed by atoms with Crippen LogP contribution in [0.1, 0.15) is 5.56 Å². The third kappa shape index (κ3) is 3.49. The van der Waals surface area contributed by atoms with E-state index in [4.69, 9.17) is 5.73 Å². The first-order chi connectivity index (χ1) is 10.9. The summed E-state index contributed by atoms with van der Waals surface area (Å²) in [7, 11) is -3.85. The smallest absolute Gasteiger partial charge is 0.285 e. The number of hydrogen-bond acceptors (Lipinski definition) is 4. The van der Waals surface area contributed by atoms with Gasteiger partial charge in [-0.25, -0.2) is 4.98 Å². The fourth-order valence-corrected chi connectivity index (χ4v) is 3.71. The Morgan fingerprint density at radius 1 is 1.17 bits per heavy atom. The van der Waals surface area contributed by atoms with Gasteiger partial charge in [-0.2, -0.15) is 8.42 Å². The van der Waals surface area contributed by atoms with Crippen LogP contribution in [0.3, 0.4) is 0 Å². The first kappa shape index (κ1) is 15.4. The molecule has 0 bridgehead atoms. The van der Waals surface area contributed by atoms with Gasteiger partial charge in [0.15, 0.2) is 5.13 Å². The van der Waals surface area contributed by atoms with Gasteiger partial charge in [-0.3, -0.25) is 0 Å². The van der Waals surface area contributed by atoms with Crippen molar-refractivity contribution in [2.75, 3.05) is 5.32 Å². The highest BCUT2D eigenvalue weighted by Gasteiger charge is 2.14. The summed E-state index contributed by atoms with van der Waals surface area (Å²) in [5, 5.41) is 3.22. The van der Waals surface area contributed by atoms with E-state index in [-0.39, 0.29) is 10.9 Å². The summed E-state index contributed by atoms with van der Waals surface area (Å²) < 4.78 is 29.0. The Kier molecular flexibility index (Phi) is 4.01. The summed E-state index contributed by atoms with van der Waals surface area (Å²) in [6.07, 6.45) is 0. The lowest BCUT2D eigenvalue weighted by Crippen LogP contribution is -2.24. The number of guanidine groups is 1. The zero-order valence-electron chi connectivity index (χ0n) is 12.2. The molecule has 1 heterocycles. The predicted octanol–water partition coefficient (Wildman–Crippen LogP) is 2.72. The van der Waals surface area contributed by atoms with E-state index in [9.17, 15) is 8.42 Å². The van der Waals surface area contributed by atoms with Crippen molar-refractivity contribution in [2.24, 2.45) is 10.1 Å². The van der Waals surface area contributed by atoms with E-state index in [0.717, 1.165) is 15.8 Å². The highest BCUT2D eigenvalue weighted by molar-refractivity contribution is 7.90. The van der Waals surface area contributed by atoms with Crippen molar-refractivity contribution in [1.82, 2.24) is 4.98 Å². The Hall–Kier alpha value is -2.45. The van der Waals surface area contributed by atoms with Gasteiger partial charge in [0.1, 0.15) is 0 Å². The molecule has 0 saturated carbocycles. The van der Waals surface area contributed by atoms with E-state index in [1.54, 1.807) is 12.1 Å². The molecule has 0 aliphatic heterocycles. The first-order valence-electron chi connectivity index (χ1n) is 6.74. The molecule has 8 heteroatoms. The predicted molar refractivity (Wildman–Crippen MR) is 93.2 cm³/mol. The standard InChI is InChI=1S/C15H14N4O2S2/c1-10-6-8-11(9-7-10)23(20,21)19-14(16)18-15-17-12-4-2-3-5-13(12)22-15/h2-9H,1H3,(H3,16,17,18,19). The molecule has 23 heavy (non-hydrogen) atoms. The second-order valence-electron chi connectivity index (χ2n) is 4.88. The number of anilines is 1. The SMILES string of the molecule is Cc1ccc(S(=O)(=O)/N=C(/N)Nc2nc3ccccc3s2)cc1. The number of fused-ring (bicyclic) bond motifs is 1. The molecular weight excluding hydrogens is 332 g/mol. The number of sulfonamides is 1. The molecule has 1 aromatic heterocycles. The second kappa shape index (κ2) is 5.98. The van der Waals surface area contributed by atoms with Crippen LogP contribution in [0.5, 0.6) is 0 Å². The highest BCUT2D eigenvalue weighted by atomic mass is 32.2. The van der Waals surface area contributed by atoms with Crippen LogP contribution in [-0.4, -0.2) is 19.4 Å². The van der Waals surface area contributed by atoms with Crippen LogP contribution >= 0.6 is 11.3 Å². The zero-order chi connectivity index (χ0) is 16.4. The molecule has 2 aromatic carbocycles. The fourth-order valence-electron chi connectivity index (χ4n) is 1.95. The summed E-state index contributed by atoms with van der Waals surface area (Å²) in [5.74, 6) is -0.218. The average molecular weight is 346 g/mol. The minimum absolute atomic E-state index is 0.0946. The Bertz CT molecular complexity index is 943. The second-order valence-corrected chi connectivity index (χ2v) is 7.51. The Morgan fingerprint density at radius 3 is 2.57 bits per heavy atom. The molecule has 0 amide bonds. The number of nitrogens with one attached hydrogen (secondary N) is 1. The summed E-state index contributed by atoms with van der Waals surface area (Å²) in [6, 6.07) is 14.0. The van der Waals surface area contributed by atoms with Gasteiger partial charge in [0.25, 0.3) is 10.0 Å². The van der Waals surface area contributed by atoms with Crippen molar-refractivity contribution >= 4 is 42.7 Å². The molecule has 0 spiro atoms. The molecule has 0 aliphatic rings. The van der Waals surface area contributed by atoms with Crippen LogP contribution in [0.25, 0.3) is 10.2 Å². The van der Waals surface area contributed by atoms with Gasteiger partial charge < -0.3 is 11.1 Å². The minimum atomic E-state index is -3.85. The van der Waals surface area contributed by atoms with Crippen LogP contribution in [0.15, 0.2) is 57.8 Å². The first-order valence-corrected chi connectivity index (χ1v) is 8.99. The van der Waals surface area contributed by atoms with E-state index in [1.165, 1.54) is 23.5 Å². The van der Waals surface area contributed by atoms with Gasteiger partial charge in [-0.15, -0.1) is 4.40 Å². The van der Waals surface area contributed by atoms with Crippen molar-refractivity contribution in [2.45, 2.75) is 11.8 Å². The largest absolute Gasteiger partial charge is 0.369 e. The van der Waals surface area contributed by atoms with E-state index in [0.29, 0.717) is 5.13 Å². The summed E-state index contributed by atoms with van der Waals surface area (Å²) >= 11 is 1.37. The van der Waals surface area contributed by atoms with Crippen LogP contribution in [0, 0.1) is 6.92 Å². The van der Waals surface area contributed by atoms with Gasteiger partial charge in [-0.05, 0) is 31.2 Å². The third-order valence-electron chi connectivity index (χ3n) is 3.07. The van der Waals surface area contributed by atoms with E-state index >= 15 is 0 Å². The van der Waals surface area contributed by atoms with Gasteiger partial charge in [0.2, 0.25) is 5.96 Å². The lowest BCUT2D eigenvalue weighted by Gasteiger charge is -2.03. The molecule has 0 radical (unpaired) electrons. The number of hydrogen-bond donors (Lipinski definition) is 2. The third-order valence-corrected chi connectivity index (χ3v) is 5.32. The number of aromatic nitrogens is 1. The number of para-hydroxylation sites is 1. The summed E-state index contributed by atoms with van der Waals surface area (Å²) in [6.45, 7) is 1.88. The maximum atomic E-state index is 12.2. The van der Waals surface area contributed by atoms with Crippen LogP contribution in [0.2, 0.25) is 0 Å². The van der Waals surface area contributed by atoms with E-state index in [1.807, 2.05) is 31.2 Å². The van der Waals surface area contributed by atoms with E-state index in [2.05, 4.69) is 14.7 Å². The van der Waals surface area contributed by atoms with Crippen molar-refractivity contribution < 1.29 is 8.42 Å². The maximum Gasteiger partial charge on any atom is 0.285 e. The van der Waals surface area contributed by atoms with Crippen LogP contribution in [0.4, 0.5) is 5.13 Å². The number of nitrogens with zero attached hydrogens (tertiary/aromatic N) is 2. The van der Waals surface area contributed by atoms with Crippen molar-refractivity contribution in [3.63, 3.8) is 0 Å². The molecule has 3 aromatic rings.